The number of rotatable bonds is 1. The fourth-order valence-corrected chi connectivity index (χ4v) is 2.41. The molecular formula is C6H15N3O2S. The Bertz CT molecular complexity index is 252. The molecule has 2 N–H and O–H groups in total. The molecule has 12 heavy (non-hydrogen) atoms. The second kappa shape index (κ2) is 3.29. The van der Waals surface area contributed by atoms with E-state index in [-0.39, 0.29) is 6.04 Å². The first-order valence-electron chi connectivity index (χ1n) is 3.89. The van der Waals surface area contributed by atoms with Crippen LogP contribution in [0.5, 0.6) is 0 Å². The van der Waals surface area contributed by atoms with Crippen molar-refractivity contribution in [2.45, 2.75) is 13.0 Å². The fraction of sp³-hybridized carbons (Fsp3) is 1.00. The lowest BCUT2D eigenvalue weighted by Gasteiger charge is -2.35. The summed E-state index contributed by atoms with van der Waals surface area (Å²) in [4.78, 5) is 2.09. The lowest BCUT2D eigenvalue weighted by molar-refractivity contribution is 0.170. The second-order valence-corrected chi connectivity index (χ2v) is 4.77. The van der Waals surface area contributed by atoms with Crippen molar-refractivity contribution in [3.63, 3.8) is 0 Å². The molecule has 1 heterocycles. The molecule has 1 aliphatic heterocycles. The predicted molar refractivity (Wildman–Crippen MR) is 46.8 cm³/mol. The molecule has 1 rings (SSSR count). The van der Waals surface area contributed by atoms with E-state index in [1.54, 1.807) is 0 Å². The zero-order valence-corrected chi connectivity index (χ0v) is 8.21. The second-order valence-electron chi connectivity index (χ2n) is 3.27. The van der Waals surface area contributed by atoms with Crippen molar-refractivity contribution >= 4 is 10.2 Å². The number of nitrogens with two attached hydrogens (primary N) is 1. The molecule has 0 spiro atoms. The molecule has 0 aliphatic carbocycles. The SMILES string of the molecule is CC1CN(C)CCN1S(N)(=O)=O. The van der Waals surface area contributed by atoms with Gasteiger partial charge in [-0.15, -0.1) is 0 Å². The minimum absolute atomic E-state index is 0.0150. The Morgan fingerprint density at radius 3 is 2.42 bits per heavy atom. The summed E-state index contributed by atoms with van der Waals surface area (Å²) in [5, 5.41) is 5.03. The minimum atomic E-state index is -3.49. The van der Waals surface area contributed by atoms with Gasteiger partial charge in [-0.3, -0.25) is 0 Å². The summed E-state index contributed by atoms with van der Waals surface area (Å²) in [6, 6.07) is -0.0150. The molecule has 0 bridgehead atoms. The Kier molecular flexibility index (Phi) is 2.72. The number of hydrogen-bond acceptors (Lipinski definition) is 3. The quantitative estimate of drug-likeness (QED) is 0.570. The summed E-state index contributed by atoms with van der Waals surface area (Å²) in [7, 11) is -1.52. The van der Waals surface area contributed by atoms with Gasteiger partial charge >= 0.3 is 0 Å². The maximum absolute atomic E-state index is 11.0. The van der Waals surface area contributed by atoms with E-state index < -0.39 is 10.2 Å². The molecule has 0 amide bonds. The van der Waals surface area contributed by atoms with E-state index in [0.29, 0.717) is 6.54 Å². The van der Waals surface area contributed by atoms with Crippen LogP contribution in [0, 0.1) is 0 Å². The van der Waals surface area contributed by atoms with Crippen LogP contribution in [0.3, 0.4) is 0 Å². The van der Waals surface area contributed by atoms with Gasteiger partial charge in [0.15, 0.2) is 0 Å². The number of likely N-dealkylation sites (N-methyl/N-ethyl adjacent to an activating group) is 1. The van der Waals surface area contributed by atoms with E-state index in [9.17, 15) is 8.42 Å². The van der Waals surface area contributed by atoms with Gasteiger partial charge in [0.05, 0.1) is 0 Å². The van der Waals surface area contributed by atoms with Gasteiger partial charge in [0.1, 0.15) is 0 Å². The largest absolute Gasteiger partial charge is 0.303 e. The first kappa shape index (κ1) is 9.91. The predicted octanol–water partition coefficient (Wildman–Crippen LogP) is -1.17. The van der Waals surface area contributed by atoms with E-state index in [1.807, 2.05) is 14.0 Å². The van der Waals surface area contributed by atoms with Crippen molar-refractivity contribution < 1.29 is 8.42 Å². The van der Waals surface area contributed by atoms with Crippen LogP contribution in [0.1, 0.15) is 6.92 Å². The summed E-state index contributed by atoms with van der Waals surface area (Å²) in [5.74, 6) is 0. The molecule has 0 aromatic rings. The van der Waals surface area contributed by atoms with Crippen LogP contribution in [-0.2, 0) is 10.2 Å². The number of piperazine rings is 1. The zero-order chi connectivity index (χ0) is 9.35. The highest BCUT2D eigenvalue weighted by Gasteiger charge is 2.28. The summed E-state index contributed by atoms with van der Waals surface area (Å²) < 4.78 is 23.3. The van der Waals surface area contributed by atoms with E-state index in [4.69, 9.17) is 5.14 Å². The normalized spacial score (nSPS) is 29.1. The Morgan fingerprint density at radius 1 is 1.42 bits per heavy atom. The van der Waals surface area contributed by atoms with Gasteiger partial charge in [0, 0.05) is 25.7 Å². The number of hydrogen-bond donors (Lipinski definition) is 1. The third-order valence-corrected chi connectivity index (χ3v) is 3.29. The van der Waals surface area contributed by atoms with Crippen LogP contribution < -0.4 is 5.14 Å². The zero-order valence-electron chi connectivity index (χ0n) is 7.40. The van der Waals surface area contributed by atoms with Crippen LogP contribution in [-0.4, -0.2) is 50.3 Å². The van der Waals surface area contributed by atoms with Gasteiger partial charge < -0.3 is 4.90 Å². The lowest BCUT2D eigenvalue weighted by Crippen LogP contribution is -2.54. The molecule has 1 atom stereocenters. The Labute approximate surface area is 73.3 Å². The van der Waals surface area contributed by atoms with Gasteiger partial charge in [-0.05, 0) is 14.0 Å². The van der Waals surface area contributed by atoms with Crippen LogP contribution in [0.25, 0.3) is 0 Å². The highest BCUT2D eigenvalue weighted by atomic mass is 32.2. The molecule has 1 fully saturated rings. The van der Waals surface area contributed by atoms with Crippen molar-refractivity contribution in [1.82, 2.24) is 9.21 Å². The van der Waals surface area contributed by atoms with Gasteiger partial charge in [0.25, 0.3) is 10.2 Å². The minimum Gasteiger partial charge on any atom is -0.303 e. The third-order valence-electron chi connectivity index (χ3n) is 2.10. The molecule has 1 unspecified atom stereocenters. The molecule has 0 radical (unpaired) electrons. The third kappa shape index (κ3) is 2.16. The molecule has 6 heteroatoms. The summed E-state index contributed by atoms with van der Waals surface area (Å²) in [6.45, 7) is 3.85. The first-order valence-corrected chi connectivity index (χ1v) is 5.39. The van der Waals surface area contributed by atoms with Crippen molar-refractivity contribution in [2.24, 2.45) is 5.14 Å². The maximum Gasteiger partial charge on any atom is 0.277 e. The van der Waals surface area contributed by atoms with Crippen molar-refractivity contribution in [3.05, 3.63) is 0 Å². The average Bonchev–Trinajstić information content (AvgIpc) is 1.83. The Hall–Kier alpha value is -0.170. The van der Waals surface area contributed by atoms with Crippen LogP contribution in [0.15, 0.2) is 0 Å². The van der Waals surface area contributed by atoms with Crippen molar-refractivity contribution in [1.29, 1.82) is 0 Å². The standard InChI is InChI=1S/C6H15N3O2S/c1-6-5-8(2)3-4-9(6)12(7,10)11/h6H,3-5H2,1-2H3,(H2,7,10,11). The molecule has 72 valence electrons. The molecule has 1 aliphatic rings. The summed E-state index contributed by atoms with van der Waals surface area (Å²) in [6.07, 6.45) is 0. The van der Waals surface area contributed by atoms with E-state index in [1.165, 1.54) is 4.31 Å². The molecule has 5 nitrogen and oxygen atoms in total. The van der Waals surface area contributed by atoms with Crippen molar-refractivity contribution in [2.75, 3.05) is 26.7 Å². The van der Waals surface area contributed by atoms with Crippen molar-refractivity contribution in [3.8, 4) is 0 Å². The van der Waals surface area contributed by atoms with Crippen LogP contribution in [0.2, 0.25) is 0 Å². The molecule has 0 aromatic heterocycles. The molecule has 1 saturated heterocycles. The van der Waals surface area contributed by atoms with E-state index in [2.05, 4.69) is 4.90 Å². The fourth-order valence-electron chi connectivity index (χ4n) is 1.50. The Balaban J connectivity index is 2.69. The van der Waals surface area contributed by atoms with Gasteiger partial charge in [0.2, 0.25) is 0 Å². The van der Waals surface area contributed by atoms with Gasteiger partial charge in [-0.1, -0.05) is 0 Å². The molecular weight excluding hydrogens is 178 g/mol. The highest BCUT2D eigenvalue weighted by molar-refractivity contribution is 7.86. The number of nitrogens with zero attached hydrogens (tertiary/aromatic N) is 2. The topological polar surface area (TPSA) is 66.6 Å². The smallest absolute Gasteiger partial charge is 0.277 e. The summed E-state index contributed by atoms with van der Waals surface area (Å²) >= 11 is 0. The highest BCUT2D eigenvalue weighted by Crippen LogP contribution is 2.09. The van der Waals surface area contributed by atoms with Gasteiger partial charge in [-0.25, -0.2) is 5.14 Å². The average molecular weight is 193 g/mol. The van der Waals surface area contributed by atoms with E-state index >= 15 is 0 Å². The molecule has 0 saturated carbocycles. The monoisotopic (exact) mass is 193 g/mol. The molecule has 0 aromatic carbocycles. The first-order chi connectivity index (χ1) is 5.41. The lowest BCUT2D eigenvalue weighted by atomic mass is 10.2. The summed E-state index contributed by atoms with van der Waals surface area (Å²) in [5.41, 5.74) is 0. The van der Waals surface area contributed by atoms with E-state index in [0.717, 1.165) is 13.1 Å². The van der Waals surface area contributed by atoms with Crippen LogP contribution in [0.4, 0.5) is 0 Å². The van der Waals surface area contributed by atoms with Crippen LogP contribution >= 0.6 is 0 Å². The van der Waals surface area contributed by atoms with Gasteiger partial charge in [-0.2, -0.15) is 12.7 Å². The maximum atomic E-state index is 11.0. The Morgan fingerprint density at radius 2 is 2.00 bits per heavy atom.